The van der Waals surface area contributed by atoms with Gasteiger partial charge < -0.3 is 4.74 Å². The van der Waals surface area contributed by atoms with Gasteiger partial charge in [0.05, 0.1) is 11.2 Å². The summed E-state index contributed by atoms with van der Waals surface area (Å²) in [5, 5.41) is 0. The van der Waals surface area contributed by atoms with Gasteiger partial charge in [0, 0.05) is 11.8 Å². The number of hydrogen-bond acceptors (Lipinski definition) is 2. The molecule has 0 aromatic rings. The molecule has 2 fully saturated rings. The monoisotopic (exact) mass is 266 g/mol. The summed E-state index contributed by atoms with van der Waals surface area (Å²) in [5.41, 5.74) is -0.311. The molecule has 2 rings (SSSR count). The lowest BCUT2D eigenvalue weighted by molar-refractivity contribution is -0.138. The number of rotatable bonds is 2. The zero-order valence-corrected chi connectivity index (χ0v) is 13.5. The van der Waals surface area contributed by atoms with Gasteiger partial charge in [-0.05, 0) is 52.4 Å². The topological polar surface area (TPSA) is 26.3 Å². The Morgan fingerprint density at radius 2 is 1.63 bits per heavy atom. The Balaban J connectivity index is 2.20. The Bertz CT molecular complexity index is 365. The van der Waals surface area contributed by atoms with E-state index in [1.165, 1.54) is 19.3 Å². The summed E-state index contributed by atoms with van der Waals surface area (Å²) < 4.78 is 6.11. The van der Waals surface area contributed by atoms with Crippen molar-refractivity contribution < 1.29 is 9.53 Å². The van der Waals surface area contributed by atoms with Gasteiger partial charge in [0.25, 0.3) is 0 Å². The first kappa shape index (κ1) is 15.0. The van der Waals surface area contributed by atoms with E-state index in [0.29, 0.717) is 5.78 Å². The highest BCUT2D eigenvalue weighted by Gasteiger charge is 2.52. The highest BCUT2D eigenvalue weighted by molar-refractivity contribution is 5.85. The number of ether oxygens (including phenoxy) is 1. The first-order chi connectivity index (χ1) is 8.55. The third-order valence-corrected chi connectivity index (χ3v) is 5.27. The zero-order valence-electron chi connectivity index (χ0n) is 13.5. The fourth-order valence-corrected chi connectivity index (χ4v) is 4.27. The van der Waals surface area contributed by atoms with E-state index >= 15 is 0 Å². The Labute approximate surface area is 118 Å². The standard InChI is InChI=1S/C17H30O2/c1-15(2)10-8-7-9-12(15)14(18)13-11-16(3,4)19-17(13,5)6/h12-13H,7-11H2,1-6H3. The van der Waals surface area contributed by atoms with Crippen LogP contribution >= 0.6 is 0 Å². The van der Waals surface area contributed by atoms with Gasteiger partial charge in [-0.1, -0.05) is 26.7 Å². The molecule has 2 unspecified atom stereocenters. The third-order valence-electron chi connectivity index (χ3n) is 5.27. The van der Waals surface area contributed by atoms with Crippen LogP contribution in [0.2, 0.25) is 0 Å². The Hall–Kier alpha value is -0.370. The van der Waals surface area contributed by atoms with Crippen molar-refractivity contribution >= 4 is 5.78 Å². The lowest BCUT2D eigenvalue weighted by Crippen LogP contribution is -2.42. The predicted octanol–water partition coefficient (Wildman–Crippen LogP) is 4.37. The Morgan fingerprint density at radius 1 is 1.00 bits per heavy atom. The number of Topliss-reactive ketones (excluding diaryl/α,β-unsaturated/α-hetero) is 1. The van der Waals surface area contributed by atoms with Crippen molar-refractivity contribution in [3.05, 3.63) is 0 Å². The van der Waals surface area contributed by atoms with Crippen LogP contribution in [0, 0.1) is 17.3 Å². The highest BCUT2D eigenvalue weighted by Crippen LogP contribution is 2.48. The van der Waals surface area contributed by atoms with E-state index < -0.39 is 0 Å². The smallest absolute Gasteiger partial charge is 0.142 e. The number of ketones is 1. The molecule has 0 radical (unpaired) electrons. The minimum atomic E-state index is -0.311. The number of hydrogen-bond donors (Lipinski definition) is 0. The van der Waals surface area contributed by atoms with E-state index in [9.17, 15) is 4.79 Å². The molecule has 1 aliphatic heterocycles. The van der Waals surface area contributed by atoms with Gasteiger partial charge >= 0.3 is 0 Å². The minimum absolute atomic E-state index is 0.0601. The van der Waals surface area contributed by atoms with E-state index in [-0.39, 0.29) is 28.5 Å². The van der Waals surface area contributed by atoms with Crippen molar-refractivity contribution in [2.45, 2.75) is 84.8 Å². The molecule has 2 aliphatic rings. The van der Waals surface area contributed by atoms with Gasteiger partial charge in [-0.25, -0.2) is 0 Å². The summed E-state index contributed by atoms with van der Waals surface area (Å²) in [4.78, 5) is 13.0. The lowest BCUT2D eigenvalue weighted by atomic mass is 9.63. The van der Waals surface area contributed by atoms with E-state index in [1.54, 1.807) is 0 Å². The Kier molecular flexibility index (Phi) is 3.62. The number of carbonyl (C=O) groups is 1. The van der Waals surface area contributed by atoms with Crippen LogP contribution in [0.3, 0.4) is 0 Å². The Morgan fingerprint density at radius 3 is 2.11 bits per heavy atom. The third kappa shape index (κ3) is 2.89. The van der Waals surface area contributed by atoms with Gasteiger partial charge in [0.2, 0.25) is 0 Å². The first-order valence-corrected chi connectivity index (χ1v) is 7.79. The summed E-state index contributed by atoms with van der Waals surface area (Å²) in [6.45, 7) is 12.9. The van der Waals surface area contributed by atoms with Crippen LogP contribution in [-0.2, 0) is 9.53 Å². The van der Waals surface area contributed by atoms with Crippen LogP contribution in [0.4, 0.5) is 0 Å². The molecule has 0 bridgehead atoms. The molecule has 1 saturated heterocycles. The predicted molar refractivity (Wildman–Crippen MR) is 78.1 cm³/mol. The molecule has 1 saturated carbocycles. The van der Waals surface area contributed by atoms with Crippen molar-refractivity contribution in [1.82, 2.24) is 0 Å². The molecule has 2 heteroatoms. The highest BCUT2D eigenvalue weighted by atomic mass is 16.5. The van der Waals surface area contributed by atoms with Gasteiger partial charge in [-0.15, -0.1) is 0 Å². The van der Waals surface area contributed by atoms with Crippen molar-refractivity contribution in [2.24, 2.45) is 17.3 Å². The van der Waals surface area contributed by atoms with Crippen LogP contribution in [0.15, 0.2) is 0 Å². The summed E-state index contributed by atoms with van der Waals surface area (Å²) >= 11 is 0. The maximum Gasteiger partial charge on any atom is 0.142 e. The molecule has 2 atom stereocenters. The fraction of sp³-hybridized carbons (Fsp3) is 0.941. The van der Waals surface area contributed by atoms with Crippen LogP contribution in [0.5, 0.6) is 0 Å². The molecule has 110 valence electrons. The second-order valence-corrected chi connectivity index (χ2v) is 8.41. The van der Waals surface area contributed by atoms with Gasteiger partial charge in [0.1, 0.15) is 5.78 Å². The van der Waals surface area contributed by atoms with Crippen molar-refractivity contribution in [3.63, 3.8) is 0 Å². The molecular weight excluding hydrogens is 236 g/mol. The lowest BCUT2D eigenvalue weighted by Gasteiger charge is -2.40. The van der Waals surface area contributed by atoms with Crippen molar-refractivity contribution in [1.29, 1.82) is 0 Å². The van der Waals surface area contributed by atoms with Crippen molar-refractivity contribution in [3.8, 4) is 0 Å². The van der Waals surface area contributed by atoms with Crippen LogP contribution in [0.1, 0.15) is 73.6 Å². The molecular formula is C17H30O2. The maximum atomic E-state index is 13.0. The molecule has 19 heavy (non-hydrogen) atoms. The average molecular weight is 266 g/mol. The molecule has 1 aliphatic carbocycles. The van der Waals surface area contributed by atoms with Crippen LogP contribution < -0.4 is 0 Å². The van der Waals surface area contributed by atoms with Crippen molar-refractivity contribution in [2.75, 3.05) is 0 Å². The van der Waals surface area contributed by atoms with Gasteiger partial charge in [-0.3, -0.25) is 4.79 Å². The molecule has 0 aromatic carbocycles. The molecule has 0 aromatic heterocycles. The summed E-state index contributed by atoms with van der Waals surface area (Å²) in [5.74, 6) is 0.744. The molecule has 1 heterocycles. The SMILES string of the molecule is CC1(C)CC(C(=O)C2CCCCC2(C)C)C(C)(C)O1. The molecule has 2 nitrogen and oxygen atoms in total. The van der Waals surface area contributed by atoms with E-state index in [1.807, 2.05) is 0 Å². The van der Waals surface area contributed by atoms with Gasteiger partial charge in [-0.2, -0.15) is 0 Å². The minimum Gasteiger partial charge on any atom is -0.369 e. The summed E-state index contributed by atoms with van der Waals surface area (Å²) in [6.07, 6.45) is 5.59. The molecule has 0 amide bonds. The summed E-state index contributed by atoms with van der Waals surface area (Å²) in [7, 11) is 0. The second-order valence-electron chi connectivity index (χ2n) is 8.41. The maximum absolute atomic E-state index is 13.0. The van der Waals surface area contributed by atoms with E-state index in [0.717, 1.165) is 12.8 Å². The zero-order chi connectivity index (χ0) is 14.5. The quantitative estimate of drug-likeness (QED) is 0.742. The molecule has 0 spiro atoms. The van der Waals surface area contributed by atoms with Gasteiger partial charge in [0.15, 0.2) is 0 Å². The molecule has 0 N–H and O–H groups in total. The summed E-state index contributed by atoms with van der Waals surface area (Å²) in [6, 6.07) is 0. The first-order valence-electron chi connectivity index (χ1n) is 7.79. The van der Waals surface area contributed by atoms with Crippen LogP contribution in [-0.4, -0.2) is 17.0 Å². The van der Waals surface area contributed by atoms with E-state index in [4.69, 9.17) is 4.74 Å². The second kappa shape index (κ2) is 4.58. The normalized spacial score (nSPS) is 36.1. The fourth-order valence-electron chi connectivity index (χ4n) is 4.27. The average Bonchev–Trinajstić information content (AvgIpc) is 2.45. The number of carbonyl (C=O) groups excluding carboxylic acids is 1. The van der Waals surface area contributed by atoms with E-state index in [2.05, 4.69) is 41.5 Å². The largest absolute Gasteiger partial charge is 0.369 e. The van der Waals surface area contributed by atoms with Crippen LogP contribution in [0.25, 0.3) is 0 Å².